The highest BCUT2D eigenvalue weighted by Crippen LogP contribution is 2.25. The third-order valence-electron chi connectivity index (χ3n) is 3.32. The lowest BCUT2D eigenvalue weighted by Crippen LogP contribution is -2.20. The van der Waals surface area contributed by atoms with E-state index in [-0.39, 0.29) is 18.2 Å². The monoisotopic (exact) mass is 344 g/mol. The molecule has 24 heavy (non-hydrogen) atoms. The zero-order chi connectivity index (χ0) is 17.1. The van der Waals surface area contributed by atoms with Crippen molar-refractivity contribution in [2.75, 3.05) is 11.9 Å². The lowest BCUT2D eigenvalue weighted by atomic mass is 10.1. The first-order valence-corrected chi connectivity index (χ1v) is 7.66. The summed E-state index contributed by atoms with van der Waals surface area (Å²) in [5.74, 6) is 0.0259. The van der Waals surface area contributed by atoms with Gasteiger partial charge in [0.1, 0.15) is 16.8 Å². The van der Waals surface area contributed by atoms with E-state index in [2.05, 4.69) is 14.1 Å². The molecule has 1 amide bonds. The lowest BCUT2D eigenvalue weighted by Gasteiger charge is -2.10. The highest BCUT2D eigenvalue weighted by atomic mass is 32.1. The highest BCUT2D eigenvalue weighted by Gasteiger charge is 2.12. The minimum atomic E-state index is -0.498. The van der Waals surface area contributed by atoms with Crippen LogP contribution in [0.25, 0.3) is 11.0 Å². The average Bonchev–Trinajstić information content (AvgIpc) is 3.05. The van der Waals surface area contributed by atoms with Crippen LogP contribution in [0.15, 0.2) is 36.4 Å². The summed E-state index contributed by atoms with van der Waals surface area (Å²) < 4.78 is 13.7. The molecule has 0 aliphatic rings. The summed E-state index contributed by atoms with van der Waals surface area (Å²) in [6.07, 6.45) is 0. The number of nitrogens with one attached hydrogen (secondary N) is 1. The summed E-state index contributed by atoms with van der Waals surface area (Å²) in [5, 5.41) is 13.4. The molecule has 8 nitrogen and oxygen atoms in total. The number of carbonyl (C=O) groups excluding carboxylic acids is 1. The molecule has 0 fully saturated rings. The van der Waals surface area contributed by atoms with Crippen LogP contribution < -0.4 is 10.1 Å². The maximum absolute atomic E-state index is 12.1. The second-order valence-corrected chi connectivity index (χ2v) is 5.51. The largest absolute Gasteiger partial charge is 0.484 e. The normalized spacial score (nSPS) is 10.5. The van der Waals surface area contributed by atoms with Gasteiger partial charge in [-0.1, -0.05) is 6.07 Å². The molecule has 2 aromatic carbocycles. The molecule has 3 rings (SSSR count). The second kappa shape index (κ2) is 6.59. The third kappa shape index (κ3) is 3.30. The van der Waals surface area contributed by atoms with E-state index in [0.29, 0.717) is 17.0 Å². The molecule has 0 aliphatic carbocycles. The second-order valence-electron chi connectivity index (χ2n) is 4.98. The van der Waals surface area contributed by atoms with Gasteiger partial charge in [0.05, 0.1) is 22.3 Å². The third-order valence-corrected chi connectivity index (χ3v) is 3.86. The summed E-state index contributed by atoms with van der Waals surface area (Å²) in [6.45, 7) is 1.65. The van der Waals surface area contributed by atoms with E-state index >= 15 is 0 Å². The Balaban J connectivity index is 1.66. The van der Waals surface area contributed by atoms with Crippen LogP contribution in [0.1, 0.15) is 5.56 Å². The molecule has 0 bridgehead atoms. The van der Waals surface area contributed by atoms with Crippen molar-refractivity contribution < 1.29 is 14.5 Å². The molecule has 0 atom stereocenters. The van der Waals surface area contributed by atoms with Gasteiger partial charge in [0.25, 0.3) is 11.6 Å². The highest BCUT2D eigenvalue weighted by molar-refractivity contribution is 7.00. The molecule has 0 saturated carbocycles. The number of benzene rings is 2. The fraction of sp³-hybridized carbons (Fsp3) is 0.133. The van der Waals surface area contributed by atoms with Crippen LogP contribution >= 0.6 is 11.7 Å². The van der Waals surface area contributed by atoms with Gasteiger partial charge in [-0.25, -0.2) is 0 Å². The molecule has 1 N–H and O–H groups in total. The van der Waals surface area contributed by atoms with Crippen LogP contribution in [0.5, 0.6) is 5.75 Å². The van der Waals surface area contributed by atoms with Crippen LogP contribution in [-0.2, 0) is 4.79 Å². The molecule has 1 aromatic heterocycles. The Labute approximate surface area is 140 Å². The predicted molar refractivity (Wildman–Crippen MR) is 89.4 cm³/mol. The van der Waals surface area contributed by atoms with Crippen molar-refractivity contribution in [3.05, 3.63) is 52.1 Å². The van der Waals surface area contributed by atoms with Gasteiger partial charge in [0.15, 0.2) is 6.61 Å². The number of nitro benzene ring substituents is 1. The zero-order valence-electron chi connectivity index (χ0n) is 12.6. The number of fused-ring (bicyclic) bond motifs is 1. The van der Waals surface area contributed by atoms with Crippen molar-refractivity contribution >= 4 is 40.0 Å². The first-order chi connectivity index (χ1) is 11.5. The van der Waals surface area contributed by atoms with Crippen LogP contribution in [0, 0.1) is 17.0 Å². The standard InChI is InChI=1S/C15H12N4O4S/c1-9-2-7-12-15(18-24-17-12)14(9)16-13(20)8-23-11-5-3-10(4-6-11)19(21)22/h2-7H,8H2,1H3,(H,16,20). The van der Waals surface area contributed by atoms with Crippen molar-refractivity contribution in [1.82, 2.24) is 8.75 Å². The molecule has 0 aliphatic heterocycles. The molecule has 122 valence electrons. The fourth-order valence-electron chi connectivity index (χ4n) is 2.10. The van der Waals surface area contributed by atoms with Gasteiger partial charge in [-0.15, -0.1) is 0 Å². The Morgan fingerprint density at radius 3 is 2.71 bits per heavy atom. The zero-order valence-corrected chi connectivity index (χ0v) is 13.4. The van der Waals surface area contributed by atoms with Gasteiger partial charge in [-0.2, -0.15) is 8.75 Å². The van der Waals surface area contributed by atoms with E-state index in [1.54, 1.807) is 0 Å². The Morgan fingerprint density at radius 2 is 2.00 bits per heavy atom. The number of carbonyl (C=O) groups is 1. The lowest BCUT2D eigenvalue weighted by molar-refractivity contribution is -0.384. The van der Waals surface area contributed by atoms with Gasteiger partial charge in [0, 0.05) is 12.1 Å². The summed E-state index contributed by atoms with van der Waals surface area (Å²) in [5.41, 5.74) is 2.81. The number of aromatic nitrogens is 2. The molecular weight excluding hydrogens is 332 g/mol. The number of non-ortho nitro benzene ring substituents is 1. The van der Waals surface area contributed by atoms with Crippen LogP contribution in [0.3, 0.4) is 0 Å². The smallest absolute Gasteiger partial charge is 0.269 e. The van der Waals surface area contributed by atoms with E-state index in [1.165, 1.54) is 24.3 Å². The van der Waals surface area contributed by atoms with E-state index in [4.69, 9.17) is 4.74 Å². The van der Waals surface area contributed by atoms with Gasteiger partial charge in [-0.3, -0.25) is 14.9 Å². The SMILES string of the molecule is Cc1ccc2nsnc2c1NC(=O)COc1ccc([N+](=O)[O-])cc1. The first-order valence-electron chi connectivity index (χ1n) is 6.93. The maximum atomic E-state index is 12.1. The first kappa shape index (κ1) is 15.8. The predicted octanol–water partition coefficient (Wildman–Crippen LogP) is 2.93. The van der Waals surface area contributed by atoms with Crippen LogP contribution in [-0.4, -0.2) is 26.2 Å². The van der Waals surface area contributed by atoms with E-state index in [1.807, 2.05) is 19.1 Å². The molecule has 0 unspecified atom stereocenters. The van der Waals surface area contributed by atoms with Gasteiger partial charge in [0.2, 0.25) is 0 Å². The van der Waals surface area contributed by atoms with Crippen molar-refractivity contribution in [3.63, 3.8) is 0 Å². The number of aryl methyl sites for hydroxylation is 1. The molecule has 0 spiro atoms. The Kier molecular flexibility index (Phi) is 4.34. The minimum Gasteiger partial charge on any atom is -0.484 e. The Hall–Kier alpha value is -3.07. The Morgan fingerprint density at radius 1 is 1.25 bits per heavy atom. The minimum absolute atomic E-state index is 0.0369. The summed E-state index contributed by atoms with van der Waals surface area (Å²) >= 11 is 1.08. The van der Waals surface area contributed by atoms with Crippen LogP contribution in [0.4, 0.5) is 11.4 Å². The number of rotatable bonds is 5. The molecule has 0 radical (unpaired) electrons. The van der Waals surface area contributed by atoms with Gasteiger partial charge in [-0.05, 0) is 30.7 Å². The molecular formula is C15H12N4O4S. The number of ether oxygens (including phenoxy) is 1. The van der Waals surface area contributed by atoms with Gasteiger partial charge < -0.3 is 10.1 Å². The summed E-state index contributed by atoms with van der Waals surface area (Å²) in [7, 11) is 0. The number of nitro groups is 1. The number of hydrogen-bond donors (Lipinski definition) is 1. The molecule has 3 aromatic rings. The van der Waals surface area contributed by atoms with E-state index in [0.717, 1.165) is 22.8 Å². The summed E-state index contributed by atoms with van der Waals surface area (Å²) in [4.78, 5) is 22.2. The van der Waals surface area contributed by atoms with Crippen molar-refractivity contribution in [1.29, 1.82) is 0 Å². The average molecular weight is 344 g/mol. The van der Waals surface area contributed by atoms with Crippen molar-refractivity contribution in [2.45, 2.75) is 6.92 Å². The summed E-state index contributed by atoms with van der Waals surface area (Å²) in [6, 6.07) is 9.23. The number of nitrogens with zero attached hydrogens (tertiary/aromatic N) is 3. The maximum Gasteiger partial charge on any atom is 0.269 e. The number of anilines is 1. The molecule has 1 heterocycles. The quantitative estimate of drug-likeness (QED) is 0.563. The Bertz CT molecular complexity index is 907. The van der Waals surface area contributed by atoms with E-state index in [9.17, 15) is 14.9 Å². The number of hydrogen-bond acceptors (Lipinski definition) is 7. The van der Waals surface area contributed by atoms with Crippen molar-refractivity contribution in [2.24, 2.45) is 0 Å². The van der Waals surface area contributed by atoms with Crippen molar-refractivity contribution in [3.8, 4) is 5.75 Å². The number of amides is 1. The topological polar surface area (TPSA) is 107 Å². The fourth-order valence-corrected chi connectivity index (χ4v) is 2.64. The molecule has 9 heteroatoms. The molecule has 0 saturated heterocycles. The van der Waals surface area contributed by atoms with E-state index < -0.39 is 4.92 Å². The van der Waals surface area contributed by atoms with Gasteiger partial charge >= 0.3 is 0 Å². The van der Waals surface area contributed by atoms with Crippen LogP contribution in [0.2, 0.25) is 0 Å².